The molecule has 2 aromatic rings. The van der Waals surface area contributed by atoms with Gasteiger partial charge in [0, 0.05) is 0 Å². The molecule has 1 aromatic heterocycles. The number of hydrogen-bond acceptors (Lipinski definition) is 7. The lowest BCUT2D eigenvalue weighted by atomic mass is 10.1. The first-order valence-corrected chi connectivity index (χ1v) is 9.39. The minimum Gasteiger partial charge on any atom is -0.479 e. The standard InChI is InChI=1S/C20H20N2O5S/c1-4-26-20(25)17-12(2)18(13(3)23)28-19(17)22-16(24)11-14-5-7-15(8-6-14)27-10-9-21/h5-8H,4,10-11H2,1-3H3,(H,22,24). The Balaban J connectivity index is 2.16. The molecule has 0 saturated carbocycles. The second kappa shape index (κ2) is 9.67. The van der Waals surface area contributed by atoms with E-state index < -0.39 is 5.97 Å². The number of nitriles is 1. The summed E-state index contributed by atoms with van der Waals surface area (Å²) in [7, 11) is 0. The zero-order chi connectivity index (χ0) is 20.7. The van der Waals surface area contributed by atoms with E-state index in [1.54, 1.807) is 38.1 Å². The van der Waals surface area contributed by atoms with Crippen molar-refractivity contribution in [3.05, 3.63) is 45.8 Å². The Hall–Kier alpha value is -3.18. The van der Waals surface area contributed by atoms with E-state index in [0.29, 0.717) is 21.2 Å². The summed E-state index contributed by atoms with van der Waals surface area (Å²) < 4.78 is 10.2. The van der Waals surface area contributed by atoms with Crippen LogP contribution in [0.1, 0.15) is 45.0 Å². The third kappa shape index (κ3) is 5.18. The molecule has 0 spiro atoms. The number of benzene rings is 1. The Kier molecular flexibility index (Phi) is 7.29. The summed E-state index contributed by atoms with van der Waals surface area (Å²) in [5.74, 6) is -0.539. The molecule has 1 amide bonds. The van der Waals surface area contributed by atoms with Gasteiger partial charge in [-0.3, -0.25) is 9.59 Å². The zero-order valence-electron chi connectivity index (χ0n) is 15.8. The Morgan fingerprint density at radius 2 is 1.89 bits per heavy atom. The SMILES string of the molecule is CCOC(=O)c1c(NC(=O)Cc2ccc(OCC#N)cc2)sc(C(C)=O)c1C. The highest BCUT2D eigenvalue weighted by Crippen LogP contribution is 2.34. The number of carbonyl (C=O) groups is 3. The van der Waals surface area contributed by atoms with Gasteiger partial charge in [-0.2, -0.15) is 5.26 Å². The van der Waals surface area contributed by atoms with Crippen LogP contribution < -0.4 is 10.1 Å². The van der Waals surface area contributed by atoms with Crippen LogP contribution in [0.15, 0.2) is 24.3 Å². The number of hydrogen-bond donors (Lipinski definition) is 1. The molecule has 8 heteroatoms. The van der Waals surface area contributed by atoms with Gasteiger partial charge < -0.3 is 14.8 Å². The highest BCUT2D eigenvalue weighted by Gasteiger charge is 2.25. The van der Waals surface area contributed by atoms with E-state index in [2.05, 4.69) is 5.32 Å². The molecule has 0 aliphatic rings. The number of esters is 1. The normalized spacial score (nSPS) is 10.1. The van der Waals surface area contributed by atoms with E-state index in [9.17, 15) is 14.4 Å². The van der Waals surface area contributed by atoms with Crippen LogP contribution in [0.25, 0.3) is 0 Å². The number of amides is 1. The van der Waals surface area contributed by atoms with Crippen molar-refractivity contribution < 1.29 is 23.9 Å². The zero-order valence-corrected chi connectivity index (χ0v) is 16.6. The van der Waals surface area contributed by atoms with Crippen molar-refractivity contribution in [3.8, 4) is 11.8 Å². The van der Waals surface area contributed by atoms with Crippen LogP contribution in [0.3, 0.4) is 0 Å². The summed E-state index contributed by atoms with van der Waals surface area (Å²) in [6.07, 6.45) is 0.0765. The molecule has 2 rings (SSSR count). The number of nitrogens with one attached hydrogen (secondary N) is 1. The van der Waals surface area contributed by atoms with Crippen molar-refractivity contribution in [1.82, 2.24) is 0 Å². The summed E-state index contributed by atoms with van der Waals surface area (Å²) in [6.45, 7) is 4.90. The smallest absolute Gasteiger partial charge is 0.341 e. The molecule has 1 aromatic carbocycles. The predicted octanol–water partition coefficient (Wildman–Crippen LogP) is 3.52. The first-order chi connectivity index (χ1) is 13.4. The Morgan fingerprint density at radius 1 is 1.21 bits per heavy atom. The van der Waals surface area contributed by atoms with Crippen molar-refractivity contribution in [3.63, 3.8) is 0 Å². The Labute approximate surface area is 166 Å². The van der Waals surface area contributed by atoms with Gasteiger partial charge >= 0.3 is 5.97 Å². The monoisotopic (exact) mass is 400 g/mol. The summed E-state index contributed by atoms with van der Waals surface area (Å²) in [4.78, 5) is 36.9. The molecule has 1 N–H and O–H groups in total. The van der Waals surface area contributed by atoms with Crippen molar-refractivity contribution in [2.45, 2.75) is 27.2 Å². The molecule has 0 radical (unpaired) electrons. The molecule has 0 aliphatic carbocycles. The van der Waals surface area contributed by atoms with Crippen LogP contribution in [0.5, 0.6) is 5.75 Å². The minimum absolute atomic E-state index is 0.0489. The number of Topliss-reactive ketones (excluding diaryl/α,β-unsaturated/α-hetero) is 1. The molecule has 1 heterocycles. The number of nitrogens with zero attached hydrogens (tertiary/aromatic N) is 1. The van der Waals surface area contributed by atoms with E-state index >= 15 is 0 Å². The molecule has 0 bridgehead atoms. The van der Waals surface area contributed by atoms with Gasteiger partial charge in [0.25, 0.3) is 0 Å². The maximum Gasteiger partial charge on any atom is 0.341 e. The first-order valence-electron chi connectivity index (χ1n) is 8.57. The van der Waals surface area contributed by atoms with Crippen LogP contribution in [0.4, 0.5) is 5.00 Å². The number of carbonyl (C=O) groups excluding carboxylic acids is 3. The molecule has 0 fully saturated rings. The lowest BCUT2D eigenvalue weighted by Gasteiger charge is -2.08. The first kappa shape index (κ1) is 21.1. The quantitative estimate of drug-likeness (QED) is 0.537. The fourth-order valence-corrected chi connectivity index (χ4v) is 3.67. The van der Waals surface area contributed by atoms with Crippen LogP contribution in [0.2, 0.25) is 0 Å². The highest BCUT2D eigenvalue weighted by molar-refractivity contribution is 7.18. The maximum atomic E-state index is 12.4. The van der Waals surface area contributed by atoms with Crippen molar-refractivity contribution in [2.75, 3.05) is 18.5 Å². The van der Waals surface area contributed by atoms with Gasteiger partial charge in [0.15, 0.2) is 12.4 Å². The van der Waals surface area contributed by atoms with E-state index in [-0.39, 0.29) is 36.9 Å². The molecule has 0 unspecified atom stereocenters. The van der Waals surface area contributed by atoms with E-state index in [0.717, 1.165) is 16.9 Å². The van der Waals surface area contributed by atoms with Gasteiger partial charge in [-0.15, -0.1) is 11.3 Å². The third-order valence-electron chi connectivity index (χ3n) is 3.79. The summed E-state index contributed by atoms with van der Waals surface area (Å²) in [5, 5.41) is 11.5. The van der Waals surface area contributed by atoms with Crippen molar-refractivity contribution >= 4 is 34.0 Å². The molecule has 146 valence electrons. The fraction of sp³-hybridized carbons (Fsp3) is 0.300. The van der Waals surface area contributed by atoms with Crippen LogP contribution in [-0.4, -0.2) is 30.9 Å². The minimum atomic E-state index is -0.571. The number of ether oxygens (including phenoxy) is 2. The fourth-order valence-electron chi connectivity index (χ4n) is 2.56. The van der Waals surface area contributed by atoms with Crippen molar-refractivity contribution in [1.29, 1.82) is 5.26 Å². The third-order valence-corrected chi connectivity index (χ3v) is 5.10. The van der Waals surface area contributed by atoms with E-state index in [1.165, 1.54) is 6.92 Å². The molecule has 0 saturated heterocycles. The lowest BCUT2D eigenvalue weighted by molar-refractivity contribution is -0.115. The number of anilines is 1. The van der Waals surface area contributed by atoms with Gasteiger partial charge in [0.05, 0.1) is 23.5 Å². The second-order valence-electron chi connectivity index (χ2n) is 5.85. The number of thiophene rings is 1. The molecular weight excluding hydrogens is 380 g/mol. The maximum absolute atomic E-state index is 12.4. The topological polar surface area (TPSA) is 105 Å². The van der Waals surface area contributed by atoms with Crippen LogP contribution in [0, 0.1) is 18.3 Å². The predicted molar refractivity (Wildman–Crippen MR) is 105 cm³/mol. The molecular formula is C20H20N2O5S. The molecule has 28 heavy (non-hydrogen) atoms. The summed E-state index contributed by atoms with van der Waals surface area (Å²) in [6, 6.07) is 8.67. The molecule has 7 nitrogen and oxygen atoms in total. The Morgan fingerprint density at radius 3 is 2.46 bits per heavy atom. The number of rotatable bonds is 8. The lowest BCUT2D eigenvalue weighted by Crippen LogP contribution is -2.16. The average Bonchev–Trinajstić information content (AvgIpc) is 2.97. The van der Waals surface area contributed by atoms with Gasteiger partial charge in [-0.1, -0.05) is 12.1 Å². The molecule has 0 aliphatic heterocycles. The van der Waals surface area contributed by atoms with E-state index in [4.69, 9.17) is 14.7 Å². The van der Waals surface area contributed by atoms with Crippen LogP contribution in [-0.2, 0) is 16.0 Å². The second-order valence-corrected chi connectivity index (χ2v) is 6.87. The summed E-state index contributed by atoms with van der Waals surface area (Å²) in [5.41, 5.74) is 1.45. The van der Waals surface area contributed by atoms with Gasteiger partial charge in [0.2, 0.25) is 5.91 Å². The van der Waals surface area contributed by atoms with Crippen molar-refractivity contribution in [2.24, 2.45) is 0 Å². The van der Waals surface area contributed by atoms with Crippen LogP contribution >= 0.6 is 11.3 Å². The Bertz CT molecular complexity index is 925. The van der Waals surface area contributed by atoms with Gasteiger partial charge in [0.1, 0.15) is 16.8 Å². The van der Waals surface area contributed by atoms with Gasteiger partial charge in [-0.05, 0) is 44.0 Å². The average molecular weight is 400 g/mol. The molecule has 0 atom stereocenters. The number of ketones is 1. The van der Waals surface area contributed by atoms with E-state index in [1.807, 2.05) is 6.07 Å². The van der Waals surface area contributed by atoms with Gasteiger partial charge in [-0.25, -0.2) is 4.79 Å². The largest absolute Gasteiger partial charge is 0.479 e. The highest BCUT2D eigenvalue weighted by atomic mass is 32.1. The summed E-state index contributed by atoms with van der Waals surface area (Å²) >= 11 is 1.07.